The van der Waals surface area contributed by atoms with E-state index in [0.29, 0.717) is 18.8 Å². The molecule has 0 bridgehead atoms. The highest BCUT2D eigenvalue weighted by Crippen LogP contribution is 2.13. The molecular weight excluding hydrogens is 266 g/mol. The molecular formula is C12H19N3O3S. The minimum atomic E-state index is -3.44. The number of likely N-dealkylation sites (N-methyl/N-ethyl adjacent to an activating group) is 1. The van der Waals surface area contributed by atoms with Crippen molar-refractivity contribution in [3.05, 3.63) is 24.3 Å². The fourth-order valence-corrected chi connectivity index (χ4v) is 2.48. The maximum absolute atomic E-state index is 11.7. The van der Waals surface area contributed by atoms with Crippen LogP contribution in [0.1, 0.15) is 13.8 Å². The third-order valence-corrected chi connectivity index (χ3v) is 3.88. The van der Waals surface area contributed by atoms with Crippen LogP contribution in [0.25, 0.3) is 0 Å². The van der Waals surface area contributed by atoms with Crippen LogP contribution >= 0.6 is 0 Å². The lowest BCUT2D eigenvalue weighted by Gasteiger charge is -2.07. The third kappa shape index (κ3) is 4.98. The van der Waals surface area contributed by atoms with Crippen molar-refractivity contribution in [2.75, 3.05) is 25.0 Å². The summed E-state index contributed by atoms with van der Waals surface area (Å²) in [6, 6.07) is 6.05. The Morgan fingerprint density at radius 3 is 2.26 bits per heavy atom. The molecule has 0 fully saturated rings. The third-order valence-electron chi connectivity index (χ3n) is 2.32. The number of nitrogens with one attached hydrogen (secondary N) is 3. The van der Waals surface area contributed by atoms with E-state index in [0.717, 1.165) is 0 Å². The molecule has 0 unspecified atom stereocenters. The van der Waals surface area contributed by atoms with Crippen LogP contribution in [0.2, 0.25) is 0 Å². The van der Waals surface area contributed by atoms with Gasteiger partial charge in [-0.05, 0) is 30.8 Å². The first kappa shape index (κ1) is 15.6. The van der Waals surface area contributed by atoms with Crippen molar-refractivity contribution in [3.63, 3.8) is 0 Å². The zero-order valence-electron chi connectivity index (χ0n) is 11.1. The Kier molecular flexibility index (Phi) is 5.94. The molecule has 106 valence electrons. The van der Waals surface area contributed by atoms with Crippen LogP contribution in [0.4, 0.5) is 5.69 Å². The van der Waals surface area contributed by atoms with Crippen molar-refractivity contribution in [1.29, 1.82) is 0 Å². The Bertz CT molecular complexity index is 512. The molecule has 1 rings (SSSR count). The van der Waals surface area contributed by atoms with Crippen LogP contribution in [0.3, 0.4) is 0 Å². The first-order chi connectivity index (χ1) is 8.99. The van der Waals surface area contributed by atoms with E-state index in [1.807, 2.05) is 6.92 Å². The van der Waals surface area contributed by atoms with E-state index in [2.05, 4.69) is 15.4 Å². The van der Waals surface area contributed by atoms with Crippen molar-refractivity contribution >= 4 is 21.6 Å². The highest BCUT2D eigenvalue weighted by Gasteiger charge is 2.12. The highest BCUT2D eigenvalue weighted by atomic mass is 32.2. The Morgan fingerprint density at radius 2 is 1.74 bits per heavy atom. The van der Waals surface area contributed by atoms with E-state index >= 15 is 0 Å². The van der Waals surface area contributed by atoms with Crippen LogP contribution in [0, 0.1) is 0 Å². The first-order valence-electron chi connectivity index (χ1n) is 6.10. The van der Waals surface area contributed by atoms with E-state index in [4.69, 9.17) is 0 Å². The Hall–Kier alpha value is -1.44. The first-order valence-corrected chi connectivity index (χ1v) is 7.58. The molecule has 0 aliphatic rings. The molecule has 0 saturated carbocycles. The van der Waals surface area contributed by atoms with Crippen LogP contribution in [-0.4, -0.2) is 34.0 Å². The van der Waals surface area contributed by atoms with E-state index in [9.17, 15) is 13.2 Å². The van der Waals surface area contributed by atoms with Crippen molar-refractivity contribution in [1.82, 2.24) is 10.0 Å². The van der Waals surface area contributed by atoms with Crippen LogP contribution in [0.15, 0.2) is 29.2 Å². The summed E-state index contributed by atoms with van der Waals surface area (Å²) in [7, 11) is -3.44. The summed E-state index contributed by atoms with van der Waals surface area (Å²) in [4.78, 5) is 11.6. The number of sulfonamides is 1. The number of hydrogen-bond donors (Lipinski definition) is 3. The van der Waals surface area contributed by atoms with E-state index in [1.165, 1.54) is 12.1 Å². The summed E-state index contributed by atoms with van der Waals surface area (Å²) in [6.07, 6.45) is 0. The molecule has 0 radical (unpaired) electrons. The number of rotatable bonds is 7. The molecule has 0 saturated heterocycles. The monoisotopic (exact) mass is 285 g/mol. The van der Waals surface area contributed by atoms with Gasteiger partial charge < -0.3 is 10.6 Å². The Labute approximate surface area is 113 Å². The largest absolute Gasteiger partial charge is 0.325 e. The lowest BCUT2D eigenvalue weighted by Crippen LogP contribution is -2.27. The number of carbonyl (C=O) groups excluding carboxylic acids is 1. The van der Waals surface area contributed by atoms with Crippen LogP contribution < -0.4 is 15.4 Å². The number of hydrogen-bond acceptors (Lipinski definition) is 4. The summed E-state index contributed by atoms with van der Waals surface area (Å²) in [5.41, 5.74) is 0.568. The maximum Gasteiger partial charge on any atom is 0.240 e. The van der Waals surface area contributed by atoms with Gasteiger partial charge in [0.15, 0.2) is 0 Å². The molecule has 7 heteroatoms. The number of benzene rings is 1. The van der Waals surface area contributed by atoms with E-state index in [1.54, 1.807) is 19.1 Å². The molecule has 1 aromatic carbocycles. The van der Waals surface area contributed by atoms with Gasteiger partial charge in [0, 0.05) is 12.2 Å². The van der Waals surface area contributed by atoms with Crippen molar-refractivity contribution in [2.24, 2.45) is 0 Å². The standard InChI is InChI=1S/C12H19N3O3S/c1-3-13-9-12(16)15-10-5-7-11(8-6-10)19(17,18)14-4-2/h5-8,13-14H,3-4,9H2,1-2H3,(H,15,16). The Balaban J connectivity index is 2.69. The molecule has 0 aliphatic carbocycles. The summed E-state index contributed by atoms with van der Waals surface area (Å²) in [5, 5.41) is 5.57. The maximum atomic E-state index is 11.7. The molecule has 0 atom stereocenters. The molecule has 0 aromatic heterocycles. The minimum Gasteiger partial charge on any atom is -0.325 e. The van der Waals surface area contributed by atoms with Gasteiger partial charge in [-0.25, -0.2) is 13.1 Å². The van der Waals surface area contributed by atoms with Gasteiger partial charge in [-0.2, -0.15) is 0 Å². The molecule has 0 aliphatic heterocycles. The van der Waals surface area contributed by atoms with E-state index < -0.39 is 10.0 Å². The number of amides is 1. The van der Waals surface area contributed by atoms with Crippen LogP contribution in [-0.2, 0) is 14.8 Å². The second-order valence-electron chi connectivity index (χ2n) is 3.85. The number of carbonyl (C=O) groups is 1. The predicted molar refractivity (Wildman–Crippen MR) is 74.5 cm³/mol. The second kappa shape index (κ2) is 7.22. The fourth-order valence-electron chi connectivity index (χ4n) is 1.43. The van der Waals surface area contributed by atoms with Gasteiger partial charge in [-0.3, -0.25) is 4.79 Å². The summed E-state index contributed by atoms with van der Waals surface area (Å²) < 4.78 is 25.8. The normalized spacial score (nSPS) is 11.3. The smallest absolute Gasteiger partial charge is 0.240 e. The summed E-state index contributed by atoms with van der Waals surface area (Å²) in [6.45, 7) is 4.91. The lowest BCUT2D eigenvalue weighted by molar-refractivity contribution is -0.115. The second-order valence-corrected chi connectivity index (χ2v) is 5.62. The predicted octanol–water partition coefficient (Wildman–Crippen LogP) is 0.533. The molecule has 1 aromatic rings. The van der Waals surface area contributed by atoms with Gasteiger partial charge in [0.25, 0.3) is 0 Å². The zero-order chi connectivity index (χ0) is 14.3. The minimum absolute atomic E-state index is 0.163. The molecule has 0 spiro atoms. The summed E-state index contributed by atoms with van der Waals surface area (Å²) >= 11 is 0. The highest BCUT2D eigenvalue weighted by molar-refractivity contribution is 7.89. The molecule has 1 amide bonds. The van der Waals surface area contributed by atoms with Crippen molar-refractivity contribution in [2.45, 2.75) is 18.7 Å². The summed E-state index contributed by atoms with van der Waals surface area (Å²) in [5.74, 6) is -0.163. The fraction of sp³-hybridized carbons (Fsp3) is 0.417. The van der Waals surface area contributed by atoms with Gasteiger partial charge in [0.05, 0.1) is 11.4 Å². The quantitative estimate of drug-likeness (QED) is 0.682. The lowest BCUT2D eigenvalue weighted by atomic mass is 10.3. The SMILES string of the molecule is CCNCC(=O)Nc1ccc(S(=O)(=O)NCC)cc1. The Morgan fingerprint density at radius 1 is 1.11 bits per heavy atom. The van der Waals surface area contributed by atoms with Gasteiger partial charge in [0.1, 0.15) is 0 Å². The molecule has 19 heavy (non-hydrogen) atoms. The zero-order valence-corrected chi connectivity index (χ0v) is 11.9. The van der Waals surface area contributed by atoms with Gasteiger partial charge in [0.2, 0.25) is 15.9 Å². The van der Waals surface area contributed by atoms with Gasteiger partial charge >= 0.3 is 0 Å². The van der Waals surface area contributed by atoms with Crippen molar-refractivity contribution < 1.29 is 13.2 Å². The van der Waals surface area contributed by atoms with E-state index in [-0.39, 0.29) is 17.3 Å². The van der Waals surface area contributed by atoms with Gasteiger partial charge in [-0.15, -0.1) is 0 Å². The average molecular weight is 285 g/mol. The van der Waals surface area contributed by atoms with Gasteiger partial charge in [-0.1, -0.05) is 13.8 Å². The molecule has 0 heterocycles. The number of anilines is 1. The average Bonchev–Trinajstić information content (AvgIpc) is 2.37. The molecule has 6 nitrogen and oxygen atoms in total. The topological polar surface area (TPSA) is 87.3 Å². The molecule has 3 N–H and O–H groups in total. The van der Waals surface area contributed by atoms with Crippen molar-refractivity contribution in [3.8, 4) is 0 Å². The van der Waals surface area contributed by atoms with Crippen LogP contribution in [0.5, 0.6) is 0 Å².